The van der Waals surface area contributed by atoms with Gasteiger partial charge in [-0.2, -0.15) is 5.26 Å². The number of fused-ring (bicyclic) bond motifs is 3. The molecule has 0 unspecified atom stereocenters. The van der Waals surface area contributed by atoms with Crippen molar-refractivity contribution in [3.63, 3.8) is 0 Å². The van der Waals surface area contributed by atoms with Crippen LogP contribution in [0.3, 0.4) is 0 Å². The monoisotopic (exact) mass is 414 g/mol. The summed E-state index contributed by atoms with van der Waals surface area (Å²) in [4.78, 5) is 4.52. The van der Waals surface area contributed by atoms with Gasteiger partial charge >= 0.3 is 0 Å². The van der Waals surface area contributed by atoms with Gasteiger partial charge in [0.25, 0.3) is 0 Å². The molecule has 32 heavy (non-hydrogen) atoms. The zero-order valence-corrected chi connectivity index (χ0v) is 17.7. The lowest BCUT2D eigenvalue weighted by Gasteiger charge is -2.11. The van der Waals surface area contributed by atoms with Crippen LogP contribution in [0, 0.1) is 11.3 Å². The van der Waals surface area contributed by atoms with Crippen LogP contribution in [0.2, 0.25) is 0 Å². The van der Waals surface area contributed by atoms with E-state index in [4.69, 9.17) is 4.42 Å². The fourth-order valence-corrected chi connectivity index (χ4v) is 5.15. The maximum Gasteiger partial charge on any atom is 0.144 e. The maximum absolute atomic E-state index is 9.87. The third-order valence-electron chi connectivity index (χ3n) is 6.75. The highest BCUT2D eigenvalue weighted by molar-refractivity contribution is 6.13. The molecule has 3 aromatic carbocycles. The number of para-hydroxylation sites is 1. The molecule has 0 radical (unpaired) electrons. The molecule has 0 saturated heterocycles. The van der Waals surface area contributed by atoms with E-state index in [1.807, 2.05) is 42.5 Å². The number of furan rings is 1. The fraction of sp³-hybridized carbons (Fsp3) is 0.172. The van der Waals surface area contributed by atoms with Crippen LogP contribution in [0.25, 0.3) is 44.3 Å². The van der Waals surface area contributed by atoms with Crippen LogP contribution in [0.15, 0.2) is 83.4 Å². The van der Waals surface area contributed by atoms with Crippen molar-refractivity contribution in [1.82, 2.24) is 4.98 Å². The first-order valence-corrected chi connectivity index (χ1v) is 11.2. The first-order chi connectivity index (χ1) is 15.8. The Bertz CT molecular complexity index is 1470. The molecular weight excluding hydrogens is 392 g/mol. The zero-order valence-electron chi connectivity index (χ0n) is 17.7. The van der Waals surface area contributed by atoms with Crippen molar-refractivity contribution in [2.24, 2.45) is 0 Å². The van der Waals surface area contributed by atoms with Gasteiger partial charge in [-0.15, -0.1) is 0 Å². The van der Waals surface area contributed by atoms with Gasteiger partial charge in [0.15, 0.2) is 0 Å². The second-order valence-electron chi connectivity index (χ2n) is 8.58. The minimum atomic E-state index is 0.629. The summed E-state index contributed by atoms with van der Waals surface area (Å²) < 4.78 is 6.50. The molecule has 0 bridgehead atoms. The zero-order chi connectivity index (χ0) is 21.5. The maximum atomic E-state index is 9.87. The van der Waals surface area contributed by atoms with Gasteiger partial charge in [-0.3, -0.25) is 4.98 Å². The van der Waals surface area contributed by atoms with Gasteiger partial charge in [0.05, 0.1) is 17.3 Å². The van der Waals surface area contributed by atoms with Crippen LogP contribution >= 0.6 is 0 Å². The first-order valence-electron chi connectivity index (χ1n) is 11.2. The van der Waals surface area contributed by atoms with Crippen LogP contribution in [-0.2, 0) is 0 Å². The van der Waals surface area contributed by atoms with Gasteiger partial charge in [0, 0.05) is 28.1 Å². The van der Waals surface area contributed by atoms with E-state index < -0.39 is 0 Å². The highest BCUT2D eigenvalue weighted by atomic mass is 16.3. The fourth-order valence-electron chi connectivity index (χ4n) is 5.15. The molecule has 1 aliphatic rings. The molecular formula is C29H22N2O. The Labute approximate surface area is 186 Å². The molecule has 154 valence electrons. The molecule has 1 saturated carbocycles. The van der Waals surface area contributed by atoms with E-state index in [-0.39, 0.29) is 0 Å². The van der Waals surface area contributed by atoms with Gasteiger partial charge in [0.2, 0.25) is 0 Å². The number of aromatic nitrogens is 1. The Morgan fingerprint density at radius 2 is 1.62 bits per heavy atom. The van der Waals surface area contributed by atoms with Crippen molar-refractivity contribution in [3.05, 3.63) is 90.1 Å². The van der Waals surface area contributed by atoms with Crippen molar-refractivity contribution in [2.75, 3.05) is 0 Å². The van der Waals surface area contributed by atoms with Crippen molar-refractivity contribution in [2.45, 2.75) is 31.6 Å². The summed E-state index contributed by atoms with van der Waals surface area (Å²) in [6, 6.07) is 27.1. The molecule has 1 fully saturated rings. The van der Waals surface area contributed by atoms with E-state index in [0.29, 0.717) is 11.5 Å². The van der Waals surface area contributed by atoms with Gasteiger partial charge < -0.3 is 4.42 Å². The average Bonchev–Trinajstić information content (AvgIpc) is 3.52. The lowest BCUT2D eigenvalue weighted by molar-refractivity contribution is 0.670. The lowest BCUT2D eigenvalue weighted by atomic mass is 9.93. The molecule has 6 rings (SSSR count). The summed E-state index contributed by atoms with van der Waals surface area (Å²) in [5.74, 6) is 0.669. The number of benzene rings is 3. The Balaban J connectivity index is 1.57. The number of rotatable bonds is 3. The smallest absolute Gasteiger partial charge is 0.144 e. The van der Waals surface area contributed by atoms with Gasteiger partial charge in [-0.1, -0.05) is 55.3 Å². The lowest BCUT2D eigenvalue weighted by Crippen LogP contribution is -1.92. The second-order valence-corrected chi connectivity index (χ2v) is 8.58. The van der Waals surface area contributed by atoms with Crippen LogP contribution in [0.5, 0.6) is 0 Å². The summed E-state index contributed by atoms with van der Waals surface area (Å²) in [5.41, 5.74) is 7.32. The third-order valence-corrected chi connectivity index (χ3v) is 6.75. The number of hydrogen-bond donors (Lipinski definition) is 0. The van der Waals surface area contributed by atoms with Gasteiger partial charge in [0.1, 0.15) is 11.2 Å². The molecule has 0 aliphatic heterocycles. The Kier molecular flexibility index (Phi) is 4.51. The van der Waals surface area contributed by atoms with E-state index in [1.54, 1.807) is 6.20 Å². The second kappa shape index (κ2) is 7.66. The summed E-state index contributed by atoms with van der Waals surface area (Å²) in [6.07, 6.45) is 6.99. The standard InChI is InChI=1S/C29H22N2O/c30-18-22-15-16-24-23-8-5-9-25(26-10-3-4-17-31-26)28(23)32-29(24)27(22)21-13-11-20(12-14-21)19-6-1-2-7-19/h3-5,8-17,19H,1-2,6-7H2. The normalized spacial score (nSPS) is 14.2. The molecule has 0 atom stereocenters. The van der Waals surface area contributed by atoms with Crippen LogP contribution in [0.1, 0.15) is 42.7 Å². The molecule has 0 amide bonds. The Hall–Kier alpha value is -3.90. The van der Waals surface area contributed by atoms with E-state index in [1.165, 1.54) is 31.2 Å². The molecule has 2 heterocycles. The minimum absolute atomic E-state index is 0.629. The molecule has 3 nitrogen and oxygen atoms in total. The quantitative estimate of drug-likeness (QED) is 0.302. The topological polar surface area (TPSA) is 49.8 Å². The molecule has 0 spiro atoms. The minimum Gasteiger partial charge on any atom is -0.455 e. The highest BCUT2D eigenvalue weighted by Crippen LogP contribution is 2.41. The van der Waals surface area contributed by atoms with Crippen LogP contribution < -0.4 is 0 Å². The molecule has 5 aromatic rings. The predicted molar refractivity (Wildman–Crippen MR) is 128 cm³/mol. The van der Waals surface area contributed by atoms with Gasteiger partial charge in [-0.05, 0) is 60.2 Å². The molecule has 1 aliphatic carbocycles. The molecule has 0 N–H and O–H groups in total. The van der Waals surface area contributed by atoms with Crippen LogP contribution in [0.4, 0.5) is 0 Å². The summed E-state index contributed by atoms with van der Waals surface area (Å²) >= 11 is 0. The van der Waals surface area contributed by atoms with Crippen molar-refractivity contribution >= 4 is 21.9 Å². The first kappa shape index (κ1) is 18.8. The number of nitriles is 1. The van der Waals surface area contributed by atoms with Gasteiger partial charge in [-0.25, -0.2) is 0 Å². The van der Waals surface area contributed by atoms with Crippen molar-refractivity contribution in [3.8, 4) is 28.5 Å². The summed E-state index contributed by atoms with van der Waals surface area (Å²) in [6.45, 7) is 0. The summed E-state index contributed by atoms with van der Waals surface area (Å²) in [7, 11) is 0. The SMILES string of the molecule is N#Cc1ccc2c(oc3c(-c4ccccn4)cccc32)c1-c1ccc(C2CCCC2)cc1. The highest BCUT2D eigenvalue weighted by Gasteiger charge is 2.20. The largest absolute Gasteiger partial charge is 0.455 e. The van der Waals surface area contributed by atoms with E-state index >= 15 is 0 Å². The number of hydrogen-bond acceptors (Lipinski definition) is 3. The predicted octanol–water partition coefficient (Wildman–Crippen LogP) is 7.84. The Morgan fingerprint density at radius 1 is 0.812 bits per heavy atom. The van der Waals surface area contributed by atoms with E-state index in [2.05, 4.69) is 41.4 Å². The number of pyridine rings is 1. The van der Waals surface area contributed by atoms with E-state index in [9.17, 15) is 5.26 Å². The summed E-state index contributed by atoms with van der Waals surface area (Å²) in [5, 5.41) is 11.9. The van der Waals surface area contributed by atoms with Crippen molar-refractivity contribution < 1.29 is 4.42 Å². The Morgan fingerprint density at radius 3 is 2.38 bits per heavy atom. The van der Waals surface area contributed by atoms with Crippen LogP contribution in [-0.4, -0.2) is 4.98 Å². The van der Waals surface area contributed by atoms with E-state index in [0.717, 1.165) is 44.3 Å². The molecule has 3 heteroatoms. The number of nitrogens with zero attached hydrogens (tertiary/aromatic N) is 2. The average molecular weight is 415 g/mol. The molecule has 2 aromatic heterocycles. The third kappa shape index (κ3) is 2.99. The van der Waals surface area contributed by atoms with Crippen molar-refractivity contribution in [1.29, 1.82) is 5.26 Å².